The van der Waals surface area contributed by atoms with E-state index in [-0.39, 0.29) is 0 Å². The van der Waals surface area contributed by atoms with Crippen LogP contribution in [0.5, 0.6) is 0 Å². The maximum Gasteiger partial charge on any atom is 0.136 e. The first-order chi connectivity index (χ1) is 7.56. The number of aryl methyl sites for hydroxylation is 2. The quantitative estimate of drug-likeness (QED) is 0.772. The summed E-state index contributed by atoms with van der Waals surface area (Å²) in [6.07, 6.45) is 0.644. The first-order valence-corrected chi connectivity index (χ1v) is 6.22. The number of aromatic nitrogens is 3. The number of halogens is 1. The van der Waals surface area contributed by atoms with Gasteiger partial charge in [-0.25, -0.2) is 15.0 Å². The van der Waals surface area contributed by atoms with E-state index < -0.39 is 0 Å². The van der Waals surface area contributed by atoms with E-state index in [0.29, 0.717) is 11.6 Å². The molecule has 2 rings (SSSR count). The first-order valence-electron chi connectivity index (χ1n) is 4.97. The largest absolute Gasteiger partial charge is 0.246 e. The van der Waals surface area contributed by atoms with Gasteiger partial charge in [0.1, 0.15) is 11.0 Å². The Morgan fingerprint density at radius 2 is 1.94 bits per heavy atom. The fourth-order valence-corrected chi connectivity index (χ4v) is 2.23. The molecule has 0 atom stereocenters. The molecule has 2 aromatic heterocycles. The predicted molar refractivity (Wildman–Crippen MR) is 66.2 cm³/mol. The molecule has 3 nitrogen and oxygen atoms in total. The van der Waals surface area contributed by atoms with Gasteiger partial charge in [0.05, 0.1) is 17.1 Å². The molecule has 0 saturated carbocycles. The van der Waals surface area contributed by atoms with Crippen LogP contribution in [0.1, 0.15) is 27.8 Å². The number of nitrogens with zero attached hydrogens (tertiary/aromatic N) is 3. The highest BCUT2D eigenvalue weighted by Crippen LogP contribution is 2.17. The second kappa shape index (κ2) is 4.47. The van der Waals surface area contributed by atoms with Crippen molar-refractivity contribution in [2.75, 3.05) is 0 Å². The molecular formula is C11H12ClN3S. The number of rotatable bonds is 2. The number of hydrogen-bond donors (Lipinski definition) is 0. The zero-order valence-electron chi connectivity index (χ0n) is 9.41. The average Bonchev–Trinajstić information content (AvgIpc) is 2.60. The van der Waals surface area contributed by atoms with Crippen LogP contribution < -0.4 is 0 Å². The molecule has 16 heavy (non-hydrogen) atoms. The Bertz CT molecular complexity index is 499. The average molecular weight is 254 g/mol. The van der Waals surface area contributed by atoms with Gasteiger partial charge in [0.25, 0.3) is 0 Å². The molecule has 0 aliphatic carbocycles. The molecule has 0 bridgehead atoms. The highest BCUT2D eigenvalue weighted by molar-refractivity contribution is 7.09. The van der Waals surface area contributed by atoms with Gasteiger partial charge < -0.3 is 0 Å². The minimum atomic E-state index is 0.537. The summed E-state index contributed by atoms with van der Waals surface area (Å²) in [4.78, 5) is 13.0. The van der Waals surface area contributed by atoms with Crippen molar-refractivity contribution in [2.45, 2.75) is 27.2 Å². The summed E-state index contributed by atoms with van der Waals surface area (Å²) in [5, 5.41) is 3.63. The first kappa shape index (κ1) is 11.5. The summed E-state index contributed by atoms with van der Waals surface area (Å²) < 4.78 is 0. The van der Waals surface area contributed by atoms with Crippen LogP contribution in [0.2, 0.25) is 5.15 Å². The van der Waals surface area contributed by atoms with E-state index in [1.807, 2.05) is 26.2 Å². The molecule has 0 radical (unpaired) electrons. The lowest BCUT2D eigenvalue weighted by Crippen LogP contribution is -2.01. The van der Waals surface area contributed by atoms with E-state index >= 15 is 0 Å². The molecule has 0 aromatic carbocycles. The zero-order valence-corrected chi connectivity index (χ0v) is 11.0. The van der Waals surface area contributed by atoms with Crippen molar-refractivity contribution in [1.29, 1.82) is 0 Å². The molecule has 2 heterocycles. The lowest BCUT2D eigenvalue weighted by Gasteiger charge is -2.04. The fraction of sp³-hybridized carbons (Fsp3) is 0.364. The SMILES string of the molecule is Cc1nc(Cc2nc(C)c(C)c(Cl)n2)cs1. The van der Waals surface area contributed by atoms with Crippen LogP contribution in [0, 0.1) is 20.8 Å². The second-order valence-electron chi connectivity index (χ2n) is 3.68. The molecule has 0 fully saturated rings. The summed E-state index contributed by atoms with van der Waals surface area (Å²) in [5.74, 6) is 0.735. The van der Waals surface area contributed by atoms with Crippen LogP contribution >= 0.6 is 22.9 Å². The van der Waals surface area contributed by atoms with E-state index in [1.54, 1.807) is 11.3 Å². The van der Waals surface area contributed by atoms with Gasteiger partial charge in [0, 0.05) is 16.6 Å². The minimum absolute atomic E-state index is 0.537. The Morgan fingerprint density at radius 3 is 2.50 bits per heavy atom. The molecule has 0 spiro atoms. The van der Waals surface area contributed by atoms with Gasteiger partial charge in [-0.3, -0.25) is 0 Å². The van der Waals surface area contributed by atoms with Gasteiger partial charge in [-0.05, 0) is 20.8 Å². The van der Waals surface area contributed by atoms with Gasteiger partial charge in [0.15, 0.2) is 0 Å². The van der Waals surface area contributed by atoms with Crippen LogP contribution in [0.25, 0.3) is 0 Å². The van der Waals surface area contributed by atoms with E-state index in [2.05, 4.69) is 15.0 Å². The van der Waals surface area contributed by atoms with Crippen LogP contribution in [0.4, 0.5) is 0 Å². The Hall–Kier alpha value is -1.00. The van der Waals surface area contributed by atoms with Crippen LogP contribution in [-0.4, -0.2) is 15.0 Å². The van der Waals surface area contributed by atoms with Gasteiger partial charge in [-0.15, -0.1) is 11.3 Å². The maximum atomic E-state index is 6.02. The summed E-state index contributed by atoms with van der Waals surface area (Å²) >= 11 is 7.66. The monoisotopic (exact) mass is 253 g/mol. The Morgan fingerprint density at radius 1 is 1.19 bits per heavy atom. The third kappa shape index (κ3) is 2.39. The maximum absolute atomic E-state index is 6.02. The van der Waals surface area contributed by atoms with Crippen LogP contribution in [0.15, 0.2) is 5.38 Å². The van der Waals surface area contributed by atoms with Crippen molar-refractivity contribution in [2.24, 2.45) is 0 Å². The van der Waals surface area contributed by atoms with Gasteiger partial charge in [-0.1, -0.05) is 11.6 Å². The molecule has 5 heteroatoms. The van der Waals surface area contributed by atoms with Crippen molar-refractivity contribution < 1.29 is 0 Å². The summed E-state index contributed by atoms with van der Waals surface area (Å²) in [5.41, 5.74) is 2.88. The van der Waals surface area contributed by atoms with E-state index in [1.165, 1.54) is 0 Å². The Labute approximate surface area is 104 Å². The molecule has 0 saturated heterocycles. The lowest BCUT2D eigenvalue weighted by molar-refractivity contribution is 0.908. The van der Waals surface area contributed by atoms with Crippen molar-refractivity contribution in [3.63, 3.8) is 0 Å². The molecule has 0 unspecified atom stereocenters. The van der Waals surface area contributed by atoms with Crippen molar-refractivity contribution in [1.82, 2.24) is 15.0 Å². The molecular weight excluding hydrogens is 242 g/mol. The number of thiazole rings is 1. The Kier molecular flexibility index (Phi) is 3.21. The highest BCUT2D eigenvalue weighted by atomic mass is 35.5. The van der Waals surface area contributed by atoms with Crippen molar-refractivity contribution in [3.05, 3.63) is 38.3 Å². The standard InChI is InChI=1S/C11H12ClN3S/c1-6-7(2)13-10(15-11(6)12)4-9-5-16-8(3)14-9/h5H,4H2,1-3H3. The molecule has 0 N–H and O–H groups in total. The minimum Gasteiger partial charge on any atom is -0.246 e. The normalized spacial score (nSPS) is 10.8. The zero-order chi connectivity index (χ0) is 11.7. The van der Waals surface area contributed by atoms with Gasteiger partial charge in [-0.2, -0.15) is 0 Å². The van der Waals surface area contributed by atoms with Crippen molar-refractivity contribution in [3.8, 4) is 0 Å². The summed E-state index contributed by atoms with van der Waals surface area (Å²) in [6, 6.07) is 0. The smallest absolute Gasteiger partial charge is 0.136 e. The third-order valence-electron chi connectivity index (χ3n) is 2.38. The molecule has 0 aliphatic heterocycles. The lowest BCUT2D eigenvalue weighted by atomic mass is 10.2. The second-order valence-corrected chi connectivity index (χ2v) is 5.10. The highest BCUT2D eigenvalue weighted by Gasteiger charge is 2.08. The topological polar surface area (TPSA) is 38.7 Å². The molecule has 2 aromatic rings. The predicted octanol–water partition coefficient (Wildman–Crippen LogP) is 3.10. The molecule has 0 amide bonds. The van der Waals surface area contributed by atoms with Gasteiger partial charge in [0.2, 0.25) is 0 Å². The Balaban J connectivity index is 2.28. The molecule has 84 valence electrons. The van der Waals surface area contributed by atoms with Gasteiger partial charge >= 0.3 is 0 Å². The summed E-state index contributed by atoms with van der Waals surface area (Å²) in [6.45, 7) is 5.86. The van der Waals surface area contributed by atoms with E-state index in [4.69, 9.17) is 11.6 Å². The van der Waals surface area contributed by atoms with Crippen molar-refractivity contribution >= 4 is 22.9 Å². The van der Waals surface area contributed by atoms with Crippen LogP contribution in [-0.2, 0) is 6.42 Å². The fourth-order valence-electron chi connectivity index (χ4n) is 1.38. The van der Waals surface area contributed by atoms with E-state index in [0.717, 1.165) is 27.8 Å². The van der Waals surface area contributed by atoms with Crippen LogP contribution in [0.3, 0.4) is 0 Å². The molecule has 0 aliphatic rings. The van der Waals surface area contributed by atoms with E-state index in [9.17, 15) is 0 Å². The number of hydrogen-bond acceptors (Lipinski definition) is 4. The third-order valence-corrected chi connectivity index (χ3v) is 3.57. The summed E-state index contributed by atoms with van der Waals surface area (Å²) in [7, 11) is 0.